The zero-order valence-electron chi connectivity index (χ0n) is 20.1. The van der Waals surface area contributed by atoms with E-state index in [1.165, 1.54) is 38.5 Å². The van der Waals surface area contributed by atoms with Gasteiger partial charge in [-0.1, -0.05) is 73.5 Å². The molecule has 4 aliphatic rings. The van der Waals surface area contributed by atoms with Gasteiger partial charge >= 0.3 is 0 Å². The van der Waals surface area contributed by atoms with Gasteiger partial charge in [0.05, 0.1) is 0 Å². The van der Waals surface area contributed by atoms with Crippen LogP contribution in [0.25, 0.3) is 0 Å². The lowest BCUT2D eigenvalue weighted by atomic mass is 9.79. The van der Waals surface area contributed by atoms with E-state index < -0.39 is 0 Å². The van der Waals surface area contributed by atoms with Gasteiger partial charge in [-0.2, -0.15) is 0 Å². The zero-order valence-corrected chi connectivity index (χ0v) is 20.1. The Bertz CT molecular complexity index is 956. The average Bonchev–Trinajstić information content (AvgIpc) is 3.72. The van der Waals surface area contributed by atoms with Crippen molar-refractivity contribution in [3.63, 3.8) is 0 Å². The van der Waals surface area contributed by atoms with Crippen LogP contribution in [0.5, 0.6) is 0 Å². The molecule has 0 unspecified atom stereocenters. The fraction of sp³-hybridized carbons (Fsp3) is 0.533. The van der Waals surface area contributed by atoms with Crippen molar-refractivity contribution < 1.29 is 9.59 Å². The van der Waals surface area contributed by atoms with E-state index in [9.17, 15) is 9.59 Å². The highest BCUT2D eigenvalue weighted by Gasteiger charge is 2.62. The van der Waals surface area contributed by atoms with Crippen molar-refractivity contribution >= 4 is 11.8 Å². The van der Waals surface area contributed by atoms with Crippen LogP contribution in [0.1, 0.15) is 62.5 Å². The highest BCUT2D eigenvalue weighted by atomic mass is 16.2. The zero-order chi connectivity index (χ0) is 23.2. The van der Waals surface area contributed by atoms with Crippen molar-refractivity contribution in [2.24, 2.45) is 22.7 Å². The summed E-state index contributed by atoms with van der Waals surface area (Å²) in [6, 6.07) is 20.6. The van der Waals surface area contributed by atoms with Crippen LogP contribution in [0, 0.1) is 22.7 Å². The number of nitrogens with zero attached hydrogens (tertiary/aromatic N) is 2. The molecule has 6 rings (SSSR count). The molecule has 0 heterocycles. The Morgan fingerprint density at radius 1 is 0.647 bits per heavy atom. The number of benzene rings is 2. The third kappa shape index (κ3) is 4.06. The Morgan fingerprint density at radius 2 is 1.03 bits per heavy atom. The van der Waals surface area contributed by atoms with Gasteiger partial charge in [0.2, 0.25) is 11.8 Å². The van der Waals surface area contributed by atoms with E-state index >= 15 is 0 Å². The van der Waals surface area contributed by atoms with Crippen LogP contribution < -0.4 is 0 Å². The summed E-state index contributed by atoms with van der Waals surface area (Å²) in [6.07, 6.45) is 9.52. The van der Waals surface area contributed by atoms with Gasteiger partial charge in [-0.15, -0.1) is 0 Å². The number of carbonyl (C=O) groups excluding carboxylic acids is 2. The quantitative estimate of drug-likeness (QED) is 0.505. The summed E-state index contributed by atoms with van der Waals surface area (Å²) in [5.74, 6) is 1.00. The van der Waals surface area contributed by atoms with Gasteiger partial charge in [0.1, 0.15) is 0 Å². The molecule has 2 aromatic carbocycles. The van der Waals surface area contributed by atoms with E-state index in [4.69, 9.17) is 0 Å². The molecule has 0 aromatic heterocycles. The number of amides is 2. The SMILES string of the molecule is O=C([C@@H]1CC12CCC2)N(CCN(Cc1ccccc1)C(=O)[C@@H]1CC12CCC2)Cc1ccccc1. The highest BCUT2D eigenvalue weighted by Crippen LogP contribution is 2.66. The normalized spacial score (nSPS) is 24.7. The number of carbonyl (C=O) groups is 2. The first-order valence-corrected chi connectivity index (χ1v) is 13.2. The monoisotopic (exact) mass is 456 g/mol. The molecular formula is C30H36N2O2. The van der Waals surface area contributed by atoms with Crippen LogP contribution >= 0.6 is 0 Å². The Hall–Kier alpha value is -2.62. The second kappa shape index (κ2) is 8.55. The molecule has 0 saturated heterocycles. The molecule has 4 nitrogen and oxygen atoms in total. The predicted molar refractivity (Wildman–Crippen MR) is 132 cm³/mol. The minimum absolute atomic E-state index is 0.199. The number of hydrogen-bond donors (Lipinski definition) is 0. The maximum atomic E-state index is 13.6. The summed E-state index contributed by atoms with van der Waals surface area (Å²) in [5.41, 5.74) is 2.96. The summed E-state index contributed by atoms with van der Waals surface area (Å²) in [4.78, 5) is 31.3. The summed E-state index contributed by atoms with van der Waals surface area (Å²) in [5, 5.41) is 0. The van der Waals surface area contributed by atoms with Crippen LogP contribution in [0.4, 0.5) is 0 Å². The summed E-state index contributed by atoms with van der Waals surface area (Å²) >= 11 is 0. The minimum atomic E-state index is 0.199. The van der Waals surface area contributed by atoms with Crippen molar-refractivity contribution in [2.45, 2.75) is 64.5 Å². The Balaban J connectivity index is 1.17. The summed E-state index contributed by atoms with van der Waals surface area (Å²) in [6.45, 7) is 2.48. The third-order valence-electron chi connectivity index (χ3n) is 9.37. The van der Waals surface area contributed by atoms with Crippen molar-refractivity contribution in [1.29, 1.82) is 0 Å². The third-order valence-corrected chi connectivity index (χ3v) is 9.37. The molecule has 0 aliphatic heterocycles. The Labute approximate surface area is 203 Å². The molecule has 2 spiro atoms. The maximum Gasteiger partial charge on any atom is 0.226 e. The van der Waals surface area contributed by atoms with Gasteiger partial charge in [-0.25, -0.2) is 0 Å². The number of rotatable bonds is 9. The molecule has 4 saturated carbocycles. The predicted octanol–water partition coefficient (Wildman–Crippen LogP) is 5.42. The van der Waals surface area contributed by atoms with Crippen molar-refractivity contribution in [2.75, 3.05) is 13.1 Å². The Kier molecular flexibility index (Phi) is 5.50. The van der Waals surface area contributed by atoms with Crippen molar-refractivity contribution in [3.05, 3.63) is 71.8 Å². The van der Waals surface area contributed by atoms with E-state index in [1.54, 1.807) is 0 Å². The lowest BCUT2D eigenvalue weighted by Gasteiger charge is -2.32. The van der Waals surface area contributed by atoms with Gasteiger partial charge in [-0.05, 0) is 60.5 Å². The first-order chi connectivity index (χ1) is 16.6. The first-order valence-electron chi connectivity index (χ1n) is 13.2. The largest absolute Gasteiger partial charge is 0.336 e. The van der Waals surface area contributed by atoms with Gasteiger partial charge in [0.25, 0.3) is 0 Å². The van der Waals surface area contributed by atoms with Crippen molar-refractivity contribution in [3.8, 4) is 0 Å². The summed E-state index contributed by atoms with van der Waals surface area (Å²) < 4.78 is 0. The smallest absolute Gasteiger partial charge is 0.226 e. The number of hydrogen-bond acceptors (Lipinski definition) is 2. The van der Waals surface area contributed by atoms with E-state index in [0.29, 0.717) is 48.8 Å². The van der Waals surface area contributed by atoms with E-state index in [0.717, 1.165) is 24.0 Å². The summed E-state index contributed by atoms with van der Waals surface area (Å²) in [7, 11) is 0. The fourth-order valence-electron chi connectivity index (χ4n) is 6.58. The molecule has 2 aromatic rings. The van der Waals surface area contributed by atoms with E-state index in [2.05, 4.69) is 24.3 Å². The van der Waals surface area contributed by atoms with Crippen LogP contribution in [0.15, 0.2) is 60.7 Å². The van der Waals surface area contributed by atoms with Crippen LogP contribution in [0.3, 0.4) is 0 Å². The molecule has 0 bridgehead atoms. The maximum absolute atomic E-state index is 13.6. The second-order valence-electron chi connectivity index (χ2n) is 11.4. The Morgan fingerprint density at radius 3 is 1.32 bits per heavy atom. The molecule has 2 amide bonds. The molecule has 4 heteroatoms. The van der Waals surface area contributed by atoms with Crippen LogP contribution in [0.2, 0.25) is 0 Å². The second-order valence-corrected chi connectivity index (χ2v) is 11.4. The standard InChI is InChI=1S/C30H36N2O2/c33-27(25-19-29(25)13-7-14-29)31(21-23-9-3-1-4-10-23)17-18-32(22-24-11-5-2-6-12-24)28(34)26-20-30(26)15-8-16-30/h1-6,9-12,25-26H,7-8,13-22H2/t25-,26-/m0/s1. The molecule has 34 heavy (non-hydrogen) atoms. The van der Waals surface area contributed by atoms with Gasteiger partial charge in [0, 0.05) is 38.0 Å². The topological polar surface area (TPSA) is 40.6 Å². The fourth-order valence-corrected chi connectivity index (χ4v) is 6.58. The average molecular weight is 457 g/mol. The molecule has 4 fully saturated rings. The lowest BCUT2D eigenvalue weighted by Crippen LogP contribution is -2.43. The van der Waals surface area contributed by atoms with E-state index in [1.807, 2.05) is 46.2 Å². The molecule has 0 radical (unpaired) electrons. The molecule has 4 aliphatic carbocycles. The van der Waals surface area contributed by atoms with Crippen LogP contribution in [-0.4, -0.2) is 34.7 Å². The minimum Gasteiger partial charge on any atom is -0.336 e. The lowest BCUT2D eigenvalue weighted by molar-refractivity contribution is -0.139. The first kappa shape index (κ1) is 21.9. The van der Waals surface area contributed by atoms with Crippen LogP contribution in [-0.2, 0) is 22.7 Å². The molecular weight excluding hydrogens is 420 g/mol. The van der Waals surface area contributed by atoms with Gasteiger partial charge in [0.15, 0.2) is 0 Å². The van der Waals surface area contributed by atoms with Gasteiger partial charge < -0.3 is 9.80 Å². The van der Waals surface area contributed by atoms with E-state index in [-0.39, 0.29) is 11.8 Å². The van der Waals surface area contributed by atoms with Gasteiger partial charge in [-0.3, -0.25) is 9.59 Å². The van der Waals surface area contributed by atoms with Crippen molar-refractivity contribution in [1.82, 2.24) is 9.80 Å². The highest BCUT2D eigenvalue weighted by molar-refractivity contribution is 5.84. The molecule has 2 atom stereocenters. The molecule has 0 N–H and O–H groups in total. The molecule has 178 valence electrons.